The highest BCUT2D eigenvalue weighted by atomic mass is 16.2. The molecule has 0 saturated carbocycles. The first-order chi connectivity index (χ1) is 13.2. The van der Waals surface area contributed by atoms with Crippen molar-refractivity contribution < 1.29 is 4.79 Å². The molecule has 1 amide bonds. The number of benzene rings is 1. The van der Waals surface area contributed by atoms with Crippen LogP contribution in [0.1, 0.15) is 35.4 Å². The van der Waals surface area contributed by atoms with Gasteiger partial charge in [0.2, 0.25) is 0 Å². The molecule has 0 radical (unpaired) electrons. The van der Waals surface area contributed by atoms with Gasteiger partial charge < -0.3 is 14.4 Å². The Kier molecular flexibility index (Phi) is 5.43. The maximum absolute atomic E-state index is 12.8. The third-order valence-corrected chi connectivity index (χ3v) is 5.78. The van der Waals surface area contributed by atoms with E-state index in [0.717, 1.165) is 57.2 Å². The number of aryl methyl sites for hydroxylation is 1. The van der Waals surface area contributed by atoms with Crippen LogP contribution in [0.3, 0.4) is 0 Å². The Balaban J connectivity index is 1.31. The molecule has 3 heterocycles. The second kappa shape index (κ2) is 8.13. The molecule has 1 aromatic heterocycles. The van der Waals surface area contributed by atoms with Gasteiger partial charge >= 0.3 is 0 Å². The number of carbonyl (C=O) groups is 1. The van der Waals surface area contributed by atoms with Gasteiger partial charge in [0.05, 0.1) is 6.54 Å². The molecule has 6 nitrogen and oxygen atoms in total. The van der Waals surface area contributed by atoms with Crippen LogP contribution in [-0.4, -0.2) is 64.5 Å². The van der Waals surface area contributed by atoms with Gasteiger partial charge in [-0.3, -0.25) is 9.69 Å². The Labute approximate surface area is 161 Å². The SMILES string of the molecule is Cn1ccnc1CN1CCN(C(=O)c2ccc(N3CCCCC3)cc2)CC1. The minimum Gasteiger partial charge on any atom is -0.372 e. The van der Waals surface area contributed by atoms with E-state index in [4.69, 9.17) is 0 Å². The lowest BCUT2D eigenvalue weighted by Crippen LogP contribution is -2.48. The minimum absolute atomic E-state index is 0.150. The Hall–Kier alpha value is -2.34. The van der Waals surface area contributed by atoms with Crippen LogP contribution >= 0.6 is 0 Å². The molecule has 27 heavy (non-hydrogen) atoms. The Bertz CT molecular complexity index is 755. The second-order valence-corrected chi connectivity index (χ2v) is 7.62. The average Bonchev–Trinajstić information content (AvgIpc) is 3.13. The smallest absolute Gasteiger partial charge is 0.253 e. The van der Waals surface area contributed by atoms with Gasteiger partial charge in [0.1, 0.15) is 5.82 Å². The summed E-state index contributed by atoms with van der Waals surface area (Å²) in [7, 11) is 2.02. The average molecular weight is 367 g/mol. The summed E-state index contributed by atoms with van der Waals surface area (Å²) < 4.78 is 2.06. The van der Waals surface area contributed by atoms with Crippen molar-refractivity contribution in [3.8, 4) is 0 Å². The van der Waals surface area contributed by atoms with Crippen LogP contribution in [0, 0.1) is 0 Å². The zero-order valence-electron chi connectivity index (χ0n) is 16.2. The zero-order valence-corrected chi connectivity index (χ0v) is 16.2. The second-order valence-electron chi connectivity index (χ2n) is 7.62. The van der Waals surface area contributed by atoms with Gasteiger partial charge in [0.25, 0.3) is 5.91 Å². The van der Waals surface area contributed by atoms with E-state index >= 15 is 0 Å². The van der Waals surface area contributed by atoms with Gasteiger partial charge in [-0.2, -0.15) is 0 Å². The molecular weight excluding hydrogens is 338 g/mol. The highest BCUT2D eigenvalue weighted by molar-refractivity contribution is 5.94. The van der Waals surface area contributed by atoms with Crippen LogP contribution in [-0.2, 0) is 13.6 Å². The van der Waals surface area contributed by atoms with E-state index in [2.05, 4.69) is 31.5 Å². The molecule has 2 aliphatic heterocycles. The quantitative estimate of drug-likeness (QED) is 0.832. The number of hydrogen-bond acceptors (Lipinski definition) is 4. The van der Waals surface area contributed by atoms with E-state index in [0.29, 0.717) is 0 Å². The molecule has 0 aliphatic carbocycles. The van der Waals surface area contributed by atoms with E-state index in [9.17, 15) is 4.79 Å². The van der Waals surface area contributed by atoms with Crippen LogP contribution in [0.5, 0.6) is 0 Å². The van der Waals surface area contributed by atoms with Gasteiger partial charge in [-0.15, -0.1) is 0 Å². The number of nitrogens with zero attached hydrogens (tertiary/aromatic N) is 5. The number of anilines is 1. The van der Waals surface area contributed by atoms with Crippen molar-refractivity contribution in [2.45, 2.75) is 25.8 Å². The van der Waals surface area contributed by atoms with Crippen molar-refractivity contribution in [3.05, 3.63) is 48.0 Å². The number of hydrogen-bond donors (Lipinski definition) is 0. The van der Waals surface area contributed by atoms with Crippen molar-refractivity contribution in [2.24, 2.45) is 7.05 Å². The number of rotatable bonds is 4. The maximum Gasteiger partial charge on any atom is 0.253 e. The summed E-state index contributed by atoms with van der Waals surface area (Å²) in [6.45, 7) is 6.44. The predicted octanol–water partition coefficient (Wildman–Crippen LogP) is 2.37. The van der Waals surface area contributed by atoms with Gasteiger partial charge in [-0.05, 0) is 43.5 Å². The van der Waals surface area contributed by atoms with Crippen LogP contribution in [0.2, 0.25) is 0 Å². The molecule has 2 aromatic rings. The molecule has 0 atom stereocenters. The van der Waals surface area contributed by atoms with Crippen molar-refractivity contribution in [1.29, 1.82) is 0 Å². The van der Waals surface area contributed by atoms with E-state index in [-0.39, 0.29) is 5.91 Å². The monoisotopic (exact) mass is 367 g/mol. The van der Waals surface area contributed by atoms with Crippen molar-refractivity contribution in [1.82, 2.24) is 19.4 Å². The standard InChI is InChI=1S/C21H29N5O/c1-23-12-9-22-20(23)17-24-13-15-26(16-14-24)21(27)18-5-7-19(8-6-18)25-10-3-2-4-11-25/h5-9,12H,2-4,10-11,13-17H2,1H3. The lowest BCUT2D eigenvalue weighted by Gasteiger charge is -2.34. The largest absolute Gasteiger partial charge is 0.372 e. The topological polar surface area (TPSA) is 44.6 Å². The summed E-state index contributed by atoms with van der Waals surface area (Å²) in [6.07, 6.45) is 7.68. The fourth-order valence-corrected chi connectivity index (χ4v) is 4.01. The molecule has 6 heteroatoms. The molecule has 4 rings (SSSR count). The lowest BCUT2D eigenvalue weighted by molar-refractivity contribution is 0.0624. The highest BCUT2D eigenvalue weighted by Crippen LogP contribution is 2.21. The number of carbonyl (C=O) groups excluding carboxylic acids is 1. The summed E-state index contributed by atoms with van der Waals surface area (Å²) in [4.78, 5) is 24.0. The van der Waals surface area contributed by atoms with Gasteiger partial charge in [0, 0.05) is 70.0 Å². The van der Waals surface area contributed by atoms with Gasteiger partial charge in [-0.1, -0.05) is 0 Å². The summed E-state index contributed by atoms with van der Waals surface area (Å²) in [5.41, 5.74) is 2.04. The molecule has 0 N–H and O–H groups in total. The molecule has 0 bridgehead atoms. The number of aromatic nitrogens is 2. The van der Waals surface area contributed by atoms with E-state index < -0.39 is 0 Å². The third kappa shape index (κ3) is 4.16. The number of imidazole rings is 1. The maximum atomic E-state index is 12.8. The number of piperidine rings is 1. The molecule has 1 aromatic carbocycles. The van der Waals surface area contributed by atoms with Crippen LogP contribution in [0.25, 0.3) is 0 Å². The van der Waals surface area contributed by atoms with E-state index in [1.807, 2.05) is 36.5 Å². The molecule has 2 aliphatic rings. The highest BCUT2D eigenvalue weighted by Gasteiger charge is 2.23. The minimum atomic E-state index is 0.150. The van der Waals surface area contributed by atoms with Crippen molar-refractivity contribution in [2.75, 3.05) is 44.2 Å². The molecule has 2 saturated heterocycles. The third-order valence-electron chi connectivity index (χ3n) is 5.78. The Morgan fingerprint density at radius 3 is 2.30 bits per heavy atom. The zero-order chi connectivity index (χ0) is 18.6. The van der Waals surface area contributed by atoms with Crippen molar-refractivity contribution in [3.63, 3.8) is 0 Å². The van der Waals surface area contributed by atoms with Crippen LogP contribution in [0.15, 0.2) is 36.7 Å². The summed E-state index contributed by atoms with van der Waals surface area (Å²) in [5.74, 6) is 1.22. The Morgan fingerprint density at radius 2 is 1.67 bits per heavy atom. The molecule has 2 fully saturated rings. The first-order valence-corrected chi connectivity index (χ1v) is 10.0. The van der Waals surface area contributed by atoms with Gasteiger partial charge in [-0.25, -0.2) is 4.98 Å². The van der Waals surface area contributed by atoms with Crippen molar-refractivity contribution >= 4 is 11.6 Å². The van der Waals surface area contributed by atoms with Crippen LogP contribution < -0.4 is 4.90 Å². The summed E-state index contributed by atoms with van der Waals surface area (Å²) >= 11 is 0. The normalized spacial score (nSPS) is 18.7. The van der Waals surface area contributed by atoms with E-state index in [1.165, 1.54) is 24.9 Å². The summed E-state index contributed by atoms with van der Waals surface area (Å²) in [5, 5.41) is 0. The molecule has 0 spiro atoms. The number of amides is 1. The molecular formula is C21H29N5O. The molecule has 144 valence electrons. The first-order valence-electron chi connectivity index (χ1n) is 10.0. The molecule has 0 unspecified atom stereocenters. The first kappa shape index (κ1) is 18.0. The fourth-order valence-electron chi connectivity index (χ4n) is 4.01. The fraction of sp³-hybridized carbons (Fsp3) is 0.524. The predicted molar refractivity (Wildman–Crippen MR) is 107 cm³/mol. The van der Waals surface area contributed by atoms with Crippen LogP contribution in [0.4, 0.5) is 5.69 Å². The van der Waals surface area contributed by atoms with Gasteiger partial charge in [0.15, 0.2) is 0 Å². The summed E-state index contributed by atoms with van der Waals surface area (Å²) in [6, 6.07) is 8.20. The number of piperazine rings is 1. The van der Waals surface area contributed by atoms with E-state index in [1.54, 1.807) is 0 Å². The lowest BCUT2D eigenvalue weighted by atomic mass is 10.1. The Morgan fingerprint density at radius 1 is 0.963 bits per heavy atom.